The van der Waals surface area contributed by atoms with Gasteiger partial charge < -0.3 is 5.32 Å². The Balaban J connectivity index is 2.47. The zero-order chi connectivity index (χ0) is 12.5. The van der Waals surface area contributed by atoms with E-state index in [1.807, 2.05) is 24.8 Å². The van der Waals surface area contributed by atoms with Crippen LogP contribution in [0.3, 0.4) is 0 Å². The highest BCUT2D eigenvalue weighted by molar-refractivity contribution is 9.10. The Hall–Kier alpha value is -0.430. The van der Waals surface area contributed by atoms with E-state index in [0.717, 1.165) is 23.2 Å². The van der Waals surface area contributed by atoms with Crippen LogP contribution in [0, 0.1) is 11.8 Å². The van der Waals surface area contributed by atoms with Crippen LogP contribution in [0.4, 0.5) is 0 Å². The van der Waals surface area contributed by atoms with Crippen molar-refractivity contribution in [1.29, 1.82) is 0 Å². The fourth-order valence-corrected chi connectivity index (χ4v) is 3.02. The molecule has 1 atom stereocenters. The van der Waals surface area contributed by atoms with Crippen molar-refractivity contribution in [3.63, 3.8) is 0 Å². The van der Waals surface area contributed by atoms with Crippen LogP contribution in [-0.2, 0) is 0 Å². The van der Waals surface area contributed by atoms with Gasteiger partial charge in [0.1, 0.15) is 0 Å². The molecule has 0 aliphatic heterocycles. The average Bonchev–Trinajstić information content (AvgIpc) is 2.33. The maximum atomic E-state index is 3.49. The highest BCUT2D eigenvalue weighted by atomic mass is 79.9. The SMILES string of the molecule is CC#CCC(CSc1cccc(Br)c1)NCC. The van der Waals surface area contributed by atoms with E-state index < -0.39 is 0 Å². The number of hydrogen-bond donors (Lipinski definition) is 1. The van der Waals surface area contributed by atoms with Crippen LogP contribution in [0.2, 0.25) is 0 Å². The lowest BCUT2D eigenvalue weighted by Gasteiger charge is -2.14. The molecule has 0 radical (unpaired) electrons. The molecule has 17 heavy (non-hydrogen) atoms. The summed E-state index contributed by atoms with van der Waals surface area (Å²) < 4.78 is 1.14. The molecule has 0 aliphatic carbocycles. The summed E-state index contributed by atoms with van der Waals surface area (Å²) in [5, 5.41) is 3.47. The summed E-state index contributed by atoms with van der Waals surface area (Å²) in [6.07, 6.45) is 0.922. The normalized spacial score (nSPS) is 11.7. The standard InChI is InChI=1S/C14H18BrNS/c1-3-5-8-13(16-4-2)11-17-14-9-6-7-12(15)10-14/h6-7,9-10,13,16H,4,8,11H2,1-2H3. The minimum atomic E-state index is 0.469. The zero-order valence-electron chi connectivity index (χ0n) is 10.3. The van der Waals surface area contributed by atoms with Gasteiger partial charge in [-0.15, -0.1) is 23.6 Å². The fourth-order valence-electron chi connectivity index (χ4n) is 1.46. The van der Waals surface area contributed by atoms with Gasteiger partial charge in [-0.3, -0.25) is 0 Å². The molecular formula is C14H18BrNS. The van der Waals surface area contributed by atoms with Crippen LogP contribution in [0.15, 0.2) is 33.6 Å². The average molecular weight is 312 g/mol. The van der Waals surface area contributed by atoms with Crippen LogP contribution in [0.1, 0.15) is 20.3 Å². The van der Waals surface area contributed by atoms with Gasteiger partial charge in [0.15, 0.2) is 0 Å². The van der Waals surface area contributed by atoms with Gasteiger partial charge in [-0.25, -0.2) is 0 Å². The van der Waals surface area contributed by atoms with E-state index in [2.05, 4.69) is 58.2 Å². The van der Waals surface area contributed by atoms with Crippen LogP contribution in [0.5, 0.6) is 0 Å². The molecule has 0 bridgehead atoms. The third-order valence-electron chi connectivity index (χ3n) is 2.27. The molecule has 1 N–H and O–H groups in total. The van der Waals surface area contributed by atoms with Gasteiger partial charge in [0.05, 0.1) is 0 Å². The third kappa shape index (κ3) is 6.16. The fraction of sp³-hybridized carbons (Fsp3) is 0.429. The highest BCUT2D eigenvalue weighted by Gasteiger charge is 2.06. The van der Waals surface area contributed by atoms with E-state index in [0.29, 0.717) is 6.04 Å². The Morgan fingerprint density at radius 3 is 2.94 bits per heavy atom. The molecule has 0 saturated heterocycles. The van der Waals surface area contributed by atoms with Crippen molar-refractivity contribution in [3.8, 4) is 11.8 Å². The lowest BCUT2D eigenvalue weighted by atomic mass is 10.2. The molecule has 0 amide bonds. The van der Waals surface area contributed by atoms with Crippen molar-refractivity contribution < 1.29 is 0 Å². The van der Waals surface area contributed by atoms with Gasteiger partial charge in [-0.1, -0.05) is 28.9 Å². The van der Waals surface area contributed by atoms with E-state index in [1.54, 1.807) is 0 Å². The first kappa shape index (κ1) is 14.6. The molecular weight excluding hydrogens is 294 g/mol. The van der Waals surface area contributed by atoms with E-state index in [1.165, 1.54) is 4.90 Å². The van der Waals surface area contributed by atoms with Crippen LogP contribution in [-0.4, -0.2) is 18.3 Å². The maximum absolute atomic E-state index is 3.49. The lowest BCUT2D eigenvalue weighted by Crippen LogP contribution is -2.30. The summed E-state index contributed by atoms with van der Waals surface area (Å²) in [4.78, 5) is 1.30. The summed E-state index contributed by atoms with van der Waals surface area (Å²) in [6.45, 7) is 5.02. The summed E-state index contributed by atoms with van der Waals surface area (Å²) in [7, 11) is 0. The molecule has 0 spiro atoms. The first-order valence-corrected chi connectivity index (χ1v) is 7.55. The Labute approximate surface area is 117 Å². The van der Waals surface area contributed by atoms with Gasteiger partial charge >= 0.3 is 0 Å². The second kappa shape index (κ2) is 8.63. The Bertz CT molecular complexity index is 395. The second-order valence-electron chi connectivity index (χ2n) is 3.65. The Morgan fingerprint density at radius 2 is 2.29 bits per heavy atom. The van der Waals surface area contributed by atoms with Crippen molar-refractivity contribution in [2.45, 2.75) is 31.2 Å². The first-order valence-electron chi connectivity index (χ1n) is 5.77. The molecule has 92 valence electrons. The molecule has 0 fully saturated rings. The minimum Gasteiger partial charge on any atom is -0.312 e. The van der Waals surface area contributed by atoms with Crippen LogP contribution < -0.4 is 5.32 Å². The number of halogens is 1. The van der Waals surface area contributed by atoms with Crippen molar-refractivity contribution in [2.24, 2.45) is 0 Å². The largest absolute Gasteiger partial charge is 0.312 e. The number of hydrogen-bond acceptors (Lipinski definition) is 2. The summed E-state index contributed by atoms with van der Waals surface area (Å²) in [6, 6.07) is 8.88. The minimum absolute atomic E-state index is 0.469. The topological polar surface area (TPSA) is 12.0 Å². The van der Waals surface area contributed by atoms with Crippen molar-refractivity contribution in [3.05, 3.63) is 28.7 Å². The lowest BCUT2D eigenvalue weighted by molar-refractivity contribution is 0.588. The van der Waals surface area contributed by atoms with Crippen molar-refractivity contribution in [2.75, 3.05) is 12.3 Å². The monoisotopic (exact) mass is 311 g/mol. The Morgan fingerprint density at radius 1 is 1.47 bits per heavy atom. The van der Waals surface area contributed by atoms with E-state index in [-0.39, 0.29) is 0 Å². The van der Waals surface area contributed by atoms with Gasteiger partial charge in [0, 0.05) is 27.6 Å². The van der Waals surface area contributed by atoms with Gasteiger partial charge in [0.25, 0.3) is 0 Å². The van der Waals surface area contributed by atoms with Crippen LogP contribution >= 0.6 is 27.7 Å². The van der Waals surface area contributed by atoms with E-state index in [4.69, 9.17) is 0 Å². The highest BCUT2D eigenvalue weighted by Crippen LogP contribution is 2.22. The summed E-state index contributed by atoms with van der Waals surface area (Å²) >= 11 is 5.36. The molecule has 1 aromatic carbocycles. The number of nitrogens with one attached hydrogen (secondary N) is 1. The molecule has 1 rings (SSSR count). The smallest absolute Gasteiger partial charge is 0.0271 e. The maximum Gasteiger partial charge on any atom is 0.0271 e. The van der Waals surface area contributed by atoms with Gasteiger partial charge in [0.2, 0.25) is 0 Å². The van der Waals surface area contributed by atoms with Crippen molar-refractivity contribution in [1.82, 2.24) is 5.32 Å². The number of benzene rings is 1. The second-order valence-corrected chi connectivity index (χ2v) is 5.66. The molecule has 0 saturated carbocycles. The molecule has 1 unspecified atom stereocenters. The number of thioether (sulfide) groups is 1. The zero-order valence-corrected chi connectivity index (χ0v) is 12.7. The third-order valence-corrected chi connectivity index (χ3v) is 3.91. The van der Waals surface area contributed by atoms with Crippen LogP contribution in [0.25, 0.3) is 0 Å². The van der Waals surface area contributed by atoms with Gasteiger partial charge in [-0.05, 0) is 31.7 Å². The quantitative estimate of drug-likeness (QED) is 0.631. The summed E-state index contributed by atoms with van der Waals surface area (Å²) in [5.41, 5.74) is 0. The van der Waals surface area contributed by atoms with E-state index in [9.17, 15) is 0 Å². The molecule has 1 aromatic rings. The number of rotatable bonds is 6. The molecule has 0 aromatic heterocycles. The van der Waals surface area contributed by atoms with Gasteiger partial charge in [-0.2, -0.15) is 0 Å². The molecule has 0 aliphatic rings. The van der Waals surface area contributed by atoms with E-state index >= 15 is 0 Å². The summed E-state index contributed by atoms with van der Waals surface area (Å²) in [5.74, 6) is 7.16. The molecule has 3 heteroatoms. The first-order chi connectivity index (χ1) is 8.26. The molecule has 0 heterocycles. The Kier molecular flexibility index (Phi) is 7.43. The van der Waals surface area contributed by atoms with Crippen molar-refractivity contribution >= 4 is 27.7 Å². The predicted molar refractivity (Wildman–Crippen MR) is 80.4 cm³/mol. The molecule has 1 nitrogen and oxygen atoms in total. The predicted octanol–water partition coefficient (Wildman–Crippen LogP) is 3.93.